The average Bonchev–Trinajstić information content (AvgIpc) is 3.64. The van der Waals surface area contributed by atoms with Gasteiger partial charge in [-0.15, -0.1) is 0 Å². The summed E-state index contributed by atoms with van der Waals surface area (Å²) in [5.41, 5.74) is 0.900. The van der Waals surface area contributed by atoms with Gasteiger partial charge >= 0.3 is 6.09 Å². The summed E-state index contributed by atoms with van der Waals surface area (Å²) in [5.74, 6) is -0.659. The minimum atomic E-state index is -0.984. The molecule has 1 aliphatic heterocycles. The Kier molecular flexibility index (Phi) is 6.85. The van der Waals surface area contributed by atoms with E-state index in [4.69, 9.17) is 9.84 Å². The molecule has 2 fully saturated rings. The zero-order chi connectivity index (χ0) is 25.1. The molecule has 11 nitrogen and oxygen atoms in total. The standard InChI is InChI=1S/C24H26N4O7/c1-14-2-3-15(22(29)25-16-4-5-16)12-20(14)26-23(30)19-13-18(6-7-21(19)28(33)34)35-17-8-10-27(11-9-17)24(31)32/h2-3,6-7,12-13,16-17H,4-5,8-11H2,1H3,(H,25,29)(H,26,30)(H,31,32). The topological polar surface area (TPSA) is 151 Å². The smallest absolute Gasteiger partial charge is 0.407 e. The van der Waals surface area contributed by atoms with E-state index in [-0.39, 0.29) is 35.1 Å². The van der Waals surface area contributed by atoms with Gasteiger partial charge in [0.1, 0.15) is 17.4 Å². The molecule has 184 valence electrons. The maximum atomic E-state index is 13.1. The number of benzene rings is 2. The number of nitro groups is 1. The van der Waals surface area contributed by atoms with Crippen LogP contribution in [0.25, 0.3) is 0 Å². The van der Waals surface area contributed by atoms with Crippen LogP contribution in [0, 0.1) is 17.0 Å². The van der Waals surface area contributed by atoms with Gasteiger partial charge in [-0.3, -0.25) is 19.7 Å². The van der Waals surface area contributed by atoms with Gasteiger partial charge in [-0.1, -0.05) is 6.07 Å². The number of amides is 3. The lowest BCUT2D eigenvalue weighted by molar-refractivity contribution is -0.385. The van der Waals surface area contributed by atoms with Crippen LogP contribution < -0.4 is 15.4 Å². The molecule has 0 radical (unpaired) electrons. The first-order valence-electron chi connectivity index (χ1n) is 11.4. The Hall–Kier alpha value is -4.15. The summed E-state index contributed by atoms with van der Waals surface area (Å²) >= 11 is 0. The van der Waals surface area contributed by atoms with E-state index in [0.29, 0.717) is 42.7 Å². The summed E-state index contributed by atoms with van der Waals surface area (Å²) in [6.45, 7) is 2.41. The van der Waals surface area contributed by atoms with Gasteiger partial charge in [0.25, 0.3) is 17.5 Å². The third-order valence-corrected chi connectivity index (χ3v) is 6.09. The van der Waals surface area contributed by atoms with Crippen LogP contribution >= 0.6 is 0 Å². The lowest BCUT2D eigenvalue weighted by atomic mass is 10.1. The van der Waals surface area contributed by atoms with Crippen molar-refractivity contribution in [2.75, 3.05) is 18.4 Å². The predicted octanol–water partition coefficient (Wildman–Crippen LogP) is 3.57. The summed E-state index contributed by atoms with van der Waals surface area (Å²) in [7, 11) is 0. The van der Waals surface area contributed by atoms with Crippen molar-refractivity contribution >= 4 is 29.3 Å². The number of aryl methyl sites for hydroxylation is 1. The second-order valence-electron chi connectivity index (χ2n) is 8.75. The van der Waals surface area contributed by atoms with Gasteiger partial charge in [-0.2, -0.15) is 0 Å². The number of nitro benzene ring substituents is 1. The molecule has 11 heteroatoms. The maximum absolute atomic E-state index is 13.1. The van der Waals surface area contributed by atoms with Crippen LogP contribution in [0.1, 0.15) is 52.0 Å². The molecule has 2 aromatic carbocycles. The van der Waals surface area contributed by atoms with E-state index in [1.807, 2.05) is 0 Å². The minimum absolute atomic E-state index is 0.178. The van der Waals surface area contributed by atoms with E-state index in [1.54, 1.807) is 25.1 Å². The minimum Gasteiger partial charge on any atom is -0.490 e. The van der Waals surface area contributed by atoms with Crippen LogP contribution in [0.5, 0.6) is 5.75 Å². The zero-order valence-corrected chi connectivity index (χ0v) is 19.2. The lowest BCUT2D eigenvalue weighted by Gasteiger charge is -2.30. The molecule has 35 heavy (non-hydrogen) atoms. The molecular weight excluding hydrogens is 456 g/mol. The van der Waals surface area contributed by atoms with Gasteiger partial charge in [0, 0.05) is 49.3 Å². The van der Waals surface area contributed by atoms with Crippen LogP contribution in [0.2, 0.25) is 0 Å². The number of anilines is 1. The number of hydrogen-bond acceptors (Lipinski definition) is 6. The van der Waals surface area contributed by atoms with Crippen molar-refractivity contribution in [1.29, 1.82) is 0 Å². The van der Waals surface area contributed by atoms with Crippen molar-refractivity contribution in [3.05, 3.63) is 63.2 Å². The SMILES string of the molecule is Cc1ccc(C(=O)NC2CC2)cc1NC(=O)c1cc(OC2CCN(C(=O)O)CC2)ccc1[N+](=O)[O-]. The molecule has 0 spiro atoms. The highest BCUT2D eigenvalue weighted by Crippen LogP contribution is 2.28. The number of hydrogen-bond donors (Lipinski definition) is 3. The molecule has 0 atom stereocenters. The van der Waals surface area contributed by atoms with Gasteiger partial charge in [-0.25, -0.2) is 4.79 Å². The lowest BCUT2D eigenvalue weighted by Crippen LogP contribution is -2.41. The maximum Gasteiger partial charge on any atom is 0.407 e. The van der Waals surface area contributed by atoms with E-state index in [9.17, 15) is 24.5 Å². The summed E-state index contributed by atoms with van der Waals surface area (Å²) in [6.07, 6.45) is 1.58. The van der Waals surface area contributed by atoms with Crippen LogP contribution in [-0.4, -0.2) is 58.1 Å². The Morgan fingerprint density at radius 2 is 1.77 bits per heavy atom. The number of carbonyl (C=O) groups excluding carboxylic acids is 2. The van der Waals surface area contributed by atoms with Crippen LogP contribution in [0.4, 0.5) is 16.2 Å². The molecule has 1 heterocycles. The first-order chi connectivity index (χ1) is 16.7. The Bertz CT molecular complexity index is 1170. The number of carboxylic acid groups (broad SMARTS) is 1. The highest BCUT2D eigenvalue weighted by molar-refractivity contribution is 6.08. The van der Waals surface area contributed by atoms with E-state index < -0.39 is 16.9 Å². The number of rotatable bonds is 7. The molecule has 1 saturated heterocycles. The van der Waals surface area contributed by atoms with Crippen molar-refractivity contribution in [2.45, 2.75) is 44.8 Å². The van der Waals surface area contributed by atoms with Crippen molar-refractivity contribution in [1.82, 2.24) is 10.2 Å². The monoisotopic (exact) mass is 482 g/mol. The molecule has 4 rings (SSSR count). The van der Waals surface area contributed by atoms with E-state index in [0.717, 1.165) is 12.8 Å². The second-order valence-corrected chi connectivity index (χ2v) is 8.75. The summed E-state index contributed by atoms with van der Waals surface area (Å²) in [5, 5.41) is 26.2. The first-order valence-corrected chi connectivity index (χ1v) is 11.4. The molecule has 0 unspecified atom stereocenters. The molecule has 3 amide bonds. The highest BCUT2D eigenvalue weighted by Gasteiger charge is 2.27. The molecule has 2 aliphatic rings. The summed E-state index contributed by atoms with van der Waals surface area (Å²) in [4.78, 5) is 48.8. The quantitative estimate of drug-likeness (QED) is 0.403. The normalized spacial score (nSPS) is 15.9. The average molecular weight is 482 g/mol. The van der Waals surface area contributed by atoms with Gasteiger partial charge < -0.3 is 25.4 Å². The third-order valence-electron chi connectivity index (χ3n) is 6.09. The van der Waals surface area contributed by atoms with Gasteiger partial charge in [0.2, 0.25) is 0 Å². The molecular formula is C24H26N4O7. The number of ether oxygens (including phenoxy) is 1. The Balaban J connectivity index is 1.51. The Morgan fingerprint density at radius 3 is 2.40 bits per heavy atom. The molecule has 1 aliphatic carbocycles. The van der Waals surface area contributed by atoms with Crippen LogP contribution in [0.15, 0.2) is 36.4 Å². The van der Waals surface area contributed by atoms with Crippen LogP contribution in [-0.2, 0) is 0 Å². The molecule has 0 bridgehead atoms. The van der Waals surface area contributed by atoms with Crippen molar-refractivity contribution in [2.24, 2.45) is 0 Å². The van der Waals surface area contributed by atoms with Crippen molar-refractivity contribution < 1.29 is 29.2 Å². The van der Waals surface area contributed by atoms with Gasteiger partial charge in [0.05, 0.1) is 4.92 Å². The molecule has 2 aromatic rings. The summed E-state index contributed by atoms with van der Waals surface area (Å²) in [6, 6.07) is 9.05. The highest BCUT2D eigenvalue weighted by atomic mass is 16.6. The van der Waals surface area contributed by atoms with Gasteiger partial charge in [-0.05, 0) is 49.6 Å². The summed E-state index contributed by atoms with van der Waals surface area (Å²) < 4.78 is 5.90. The van der Waals surface area contributed by atoms with Gasteiger partial charge in [0.15, 0.2) is 0 Å². The predicted molar refractivity (Wildman–Crippen MR) is 126 cm³/mol. The zero-order valence-electron chi connectivity index (χ0n) is 19.2. The first kappa shape index (κ1) is 24.0. The van der Waals surface area contributed by atoms with E-state index in [2.05, 4.69) is 10.6 Å². The fraction of sp³-hybridized carbons (Fsp3) is 0.375. The number of nitrogens with zero attached hydrogens (tertiary/aromatic N) is 2. The largest absolute Gasteiger partial charge is 0.490 e. The number of nitrogens with one attached hydrogen (secondary N) is 2. The molecule has 1 saturated carbocycles. The number of carbonyl (C=O) groups is 3. The molecule has 0 aromatic heterocycles. The number of likely N-dealkylation sites (tertiary alicyclic amines) is 1. The van der Waals surface area contributed by atoms with Crippen LogP contribution in [0.3, 0.4) is 0 Å². The van der Waals surface area contributed by atoms with E-state index in [1.165, 1.54) is 23.1 Å². The second kappa shape index (κ2) is 10.00. The molecule has 3 N–H and O–H groups in total. The fourth-order valence-corrected chi connectivity index (χ4v) is 3.87. The Morgan fingerprint density at radius 1 is 1.06 bits per heavy atom. The van der Waals surface area contributed by atoms with E-state index >= 15 is 0 Å². The van der Waals surface area contributed by atoms with Crippen molar-refractivity contribution in [3.63, 3.8) is 0 Å². The van der Waals surface area contributed by atoms with Crippen molar-refractivity contribution in [3.8, 4) is 5.75 Å². The number of piperidine rings is 1. The third kappa shape index (κ3) is 5.86. The Labute approximate surface area is 201 Å². The fourth-order valence-electron chi connectivity index (χ4n) is 3.87.